The highest BCUT2D eigenvalue weighted by molar-refractivity contribution is 6.05. The summed E-state index contributed by atoms with van der Waals surface area (Å²) in [5.74, 6) is -0.461. The summed E-state index contributed by atoms with van der Waals surface area (Å²) in [5, 5.41) is 8.65. The zero-order valence-corrected chi connectivity index (χ0v) is 14.0. The molecule has 0 aliphatic rings. The van der Waals surface area contributed by atoms with Crippen LogP contribution in [0.2, 0.25) is 0 Å². The quantitative estimate of drug-likeness (QED) is 0.881. The SMILES string of the molecule is CC(C)c1ccc(N(C)C(=O)c2cccc(OCC(=O)O)c2)cc1. The van der Waals surface area contributed by atoms with Gasteiger partial charge in [-0.05, 0) is 41.8 Å². The van der Waals surface area contributed by atoms with Gasteiger partial charge in [0.2, 0.25) is 0 Å². The minimum atomic E-state index is -1.06. The highest BCUT2D eigenvalue weighted by atomic mass is 16.5. The van der Waals surface area contributed by atoms with Crippen molar-refractivity contribution in [2.45, 2.75) is 19.8 Å². The molecule has 0 fully saturated rings. The van der Waals surface area contributed by atoms with Crippen molar-refractivity contribution >= 4 is 17.6 Å². The van der Waals surface area contributed by atoms with Crippen molar-refractivity contribution in [2.75, 3.05) is 18.6 Å². The summed E-state index contributed by atoms with van der Waals surface area (Å²) in [4.78, 5) is 24.7. The summed E-state index contributed by atoms with van der Waals surface area (Å²) in [6.45, 7) is 3.79. The lowest BCUT2D eigenvalue weighted by Gasteiger charge is -2.18. The number of carboxylic acids is 1. The molecule has 0 spiro atoms. The van der Waals surface area contributed by atoms with Gasteiger partial charge in [0.1, 0.15) is 5.75 Å². The third-order valence-electron chi connectivity index (χ3n) is 3.69. The maximum atomic E-state index is 12.6. The van der Waals surface area contributed by atoms with Gasteiger partial charge >= 0.3 is 5.97 Å². The van der Waals surface area contributed by atoms with E-state index in [0.717, 1.165) is 5.69 Å². The van der Waals surface area contributed by atoms with Crippen LogP contribution in [0.15, 0.2) is 48.5 Å². The van der Waals surface area contributed by atoms with Gasteiger partial charge in [0.05, 0.1) is 0 Å². The molecule has 0 unspecified atom stereocenters. The van der Waals surface area contributed by atoms with Crippen molar-refractivity contribution < 1.29 is 19.4 Å². The van der Waals surface area contributed by atoms with Gasteiger partial charge in [0, 0.05) is 18.3 Å². The maximum Gasteiger partial charge on any atom is 0.341 e. The van der Waals surface area contributed by atoms with E-state index in [9.17, 15) is 9.59 Å². The summed E-state index contributed by atoms with van der Waals surface area (Å²) in [6, 6.07) is 14.4. The molecule has 0 saturated heterocycles. The minimum Gasteiger partial charge on any atom is -0.482 e. The summed E-state index contributed by atoms with van der Waals surface area (Å²) < 4.78 is 5.12. The molecule has 24 heavy (non-hydrogen) atoms. The lowest BCUT2D eigenvalue weighted by molar-refractivity contribution is -0.139. The Bertz CT molecular complexity index is 722. The van der Waals surface area contributed by atoms with Gasteiger partial charge in [-0.1, -0.05) is 32.0 Å². The van der Waals surface area contributed by atoms with E-state index in [2.05, 4.69) is 13.8 Å². The lowest BCUT2D eigenvalue weighted by atomic mass is 10.0. The number of carboxylic acid groups (broad SMARTS) is 1. The number of hydrogen-bond acceptors (Lipinski definition) is 3. The summed E-state index contributed by atoms with van der Waals surface area (Å²) in [5.41, 5.74) is 2.44. The fourth-order valence-electron chi connectivity index (χ4n) is 2.26. The van der Waals surface area contributed by atoms with Crippen LogP contribution in [0.1, 0.15) is 35.7 Å². The van der Waals surface area contributed by atoms with E-state index in [0.29, 0.717) is 17.2 Å². The molecule has 2 aromatic carbocycles. The van der Waals surface area contributed by atoms with Gasteiger partial charge in [0.15, 0.2) is 6.61 Å². The third kappa shape index (κ3) is 4.35. The normalized spacial score (nSPS) is 10.5. The molecule has 5 nitrogen and oxygen atoms in total. The van der Waals surface area contributed by atoms with Crippen molar-refractivity contribution in [3.8, 4) is 5.75 Å². The number of ether oxygens (including phenoxy) is 1. The second-order valence-electron chi connectivity index (χ2n) is 5.82. The van der Waals surface area contributed by atoms with Crippen LogP contribution in [-0.2, 0) is 4.79 Å². The second kappa shape index (κ2) is 7.64. The highest BCUT2D eigenvalue weighted by Gasteiger charge is 2.14. The number of carbonyl (C=O) groups is 2. The molecule has 0 aliphatic carbocycles. The first kappa shape index (κ1) is 17.5. The van der Waals surface area contributed by atoms with E-state index in [1.54, 1.807) is 36.2 Å². The molecule has 1 amide bonds. The minimum absolute atomic E-state index is 0.187. The van der Waals surface area contributed by atoms with Crippen molar-refractivity contribution in [1.82, 2.24) is 0 Å². The third-order valence-corrected chi connectivity index (χ3v) is 3.69. The monoisotopic (exact) mass is 327 g/mol. The fourth-order valence-corrected chi connectivity index (χ4v) is 2.26. The van der Waals surface area contributed by atoms with Crippen LogP contribution < -0.4 is 9.64 Å². The van der Waals surface area contributed by atoms with Crippen LogP contribution in [0.25, 0.3) is 0 Å². The van der Waals surface area contributed by atoms with Crippen LogP contribution in [0.3, 0.4) is 0 Å². The number of benzene rings is 2. The summed E-state index contributed by atoms with van der Waals surface area (Å²) in [7, 11) is 1.71. The predicted octanol–water partition coefficient (Wildman–Crippen LogP) is 3.55. The van der Waals surface area contributed by atoms with E-state index < -0.39 is 12.6 Å². The Labute approximate surface area is 141 Å². The lowest BCUT2D eigenvalue weighted by Crippen LogP contribution is -2.26. The molecular weight excluding hydrogens is 306 g/mol. The molecule has 5 heteroatoms. The van der Waals surface area contributed by atoms with Gasteiger partial charge in [-0.2, -0.15) is 0 Å². The molecule has 0 saturated carbocycles. The highest BCUT2D eigenvalue weighted by Crippen LogP contribution is 2.22. The van der Waals surface area contributed by atoms with Crippen LogP contribution >= 0.6 is 0 Å². The van der Waals surface area contributed by atoms with E-state index >= 15 is 0 Å². The Kier molecular flexibility index (Phi) is 5.58. The Morgan fingerprint density at radius 2 is 1.79 bits per heavy atom. The van der Waals surface area contributed by atoms with E-state index in [1.165, 1.54) is 5.56 Å². The molecule has 0 heterocycles. The Hall–Kier alpha value is -2.82. The van der Waals surface area contributed by atoms with Gasteiger partial charge in [-0.3, -0.25) is 4.79 Å². The molecule has 126 valence electrons. The molecule has 2 aromatic rings. The van der Waals surface area contributed by atoms with Gasteiger partial charge in [-0.25, -0.2) is 4.79 Å². The first-order valence-corrected chi connectivity index (χ1v) is 7.71. The molecule has 1 N–H and O–H groups in total. The van der Waals surface area contributed by atoms with Crippen LogP contribution in [0, 0.1) is 0 Å². The summed E-state index contributed by atoms with van der Waals surface area (Å²) in [6.07, 6.45) is 0. The number of rotatable bonds is 6. The number of carbonyl (C=O) groups excluding carboxylic acids is 1. The van der Waals surface area contributed by atoms with Crippen LogP contribution in [0.5, 0.6) is 5.75 Å². The largest absolute Gasteiger partial charge is 0.482 e. The van der Waals surface area contributed by atoms with Gasteiger partial charge < -0.3 is 14.7 Å². The van der Waals surface area contributed by atoms with E-state index in [-0.39, 0.29) is 5.91 Å². The second-order valence-corrected chi connectivity index (χ2v) is 5.82. The first-order valence-electron chi connectivity index (χ1n) is 7.71. The molecule has 0 atom stereocenters. The molecular formula is C19H21NO4. The maximum absolute atomic E-state index is 12.6. The Morgan fingerprint density at radius 1 is 1.12 bits per heavy atom. The van der Waals surface area contributed by atoms with Crippen molar-refractivity contribution in [3.63, 3.8) is 0 Å². The number of anilines is 1. The summed E-state index contributed by atoms with van der Waals surface area (Å²) >= 11 is 0. The standard InChI is InChI=1S/C19H21NO4/c1-13(2)14-7-9-16(10-8-14)20(3)19(23)15-5-4-6-17(11-15)24-12-18(21)22/h4-11,13H,12H2,1-3H3,(H,21,22). The Balaban J connectivity index is 2.15. The van der Waals surface area contributed by atoms with Crippen molar-refractivity contribution in [1.29, 1.82) is 0 Å². The van der Waals surface area contributed by atoms with Crippen LogP contribution in [-0.4, -0.2) is 30.6 Å². The van der Waals surface area contributed by atoms with Gasteiger partial charge in [0.25, 0.3) is 5.91 Å². The smallest absolute Gasteiger partial charge is 0.341 e. The zero-order chi connectivity index (χ0) is 17.7. The van der Waals surface area contributed by atoms with Gasteiger partial charge in [-0.15, -0.1) is 0 Å². The molecule has 0 aromatic heterocycles. The fraction of sp³-hybridized carbons (Fsp3) is 0.263. The average molecular weight is 327 g/mol. The molecule has 0 radical (unpaired) electrons. The van der Waals surface area contributed by atoms with Crippen LogP contribution in [0.4, 0.5) is 5.69 Å². The predicted molar refractivity (Wildman–Crippen MR) is 92.8 cm³/mol. The molecule has 2 rings (SSSR count). The molecule has 0 bridgehead atoms. The number of aliphatic carboxylic acids is 1. The zero-order valence-electron chi connectivity index (χ0n) is 14.0. The van der Waals surface area contributed by atoms with Crippen molar-refractivity contribution in [3.05, 3.63) is 59.7 Å². The van der Waals surface area contributed by atoms with E-state index in [4.69, 9.17) is 9.84 Å². The van der Waals surface area contributed by atoms with E-state index in [1.807, 2.05) is 24.3 Å². The number of hydrogen-bond donors (Lipinski definition) is 1. The first-order chi connectivity index (χ1) is 11.4. The molecule has 0 aliphatic heterocycles. The van der Waals surface area contributed by atoms with Crippen molar-refractivity contribution in [2.24, 2.45) is 0 Å². The topological polar surface area (TPSA) is 66.8 Å². The number of nitrogens with zero attached hydrogens (tertiary/aromatic N) is 1. The average Bonchev–Trinajstić information content (AvgIpc) is 2.59. The Morgan fingerprint density at radius 3 is 2.38 bits per heavy atom. The number of amides is 1.